The van der Waals surface area contributed by atoms with Crippen molar-refractivity contribution in [2.45, 2.75) is 297 Å². The van der Waals surface area contributed by atoms with Crippen LogP contribution in [0.1, 0.15) is 290 Å². The highest BCUT2D eigenvalue weighted by Gasteiger charge is 2.19. The molecule has 6 nitrogen and oxygen atoms in total. The van der Waals surface area contributed by atoms with Crippen molar-refractivity contribution in [1.82, 2.24) is 0 Å². The Morgan fingerprint density at radius 3 is 0.735 bits per heavy atom. The summed E-state index contributed by atoms with van der Waals surface area (Å²) in [6.07, 6.45) is 101. The first kappa shape index (κ1) is 78.0. The monoisotopic (exact) mass is 1140 g/mol. The third-order valence-corrected chi connectivity index (χ3v) is 14.0. The minimum atomic E-state index is -0.801. The van der Waals surface area contributed by atoms with Crippen LogP contribution in [0.15, 0.2) is 158 Å². The van der Waals surface area contributed by atoms with Crippen LogP contribution in [0.4, 0.5) is 0 Å². The smallest absolute Gasteiger partial charge is 0.306 e. The lowest BCUT2D eigenvalue weighted by molar-refractivity contribution is -0.167. The van der Waals surface area contributed by atoms with E-state index in [1.165, 1.54) is 89.9 Å². The quantitative estimate of drug-likeness (QED) is 0.0261. The predicted molar refractivity (Wildman–Crippen MR) is 362 cm³/mol. The minimum absolute atomic E-state index is 0.0951. The molecule has 0 aromatic rings. The molecular weight excluding hydrogens is 1020 g/mol. The van der Waals surface area contributed by atoms with Gasteiger partial charge in [-0.25, -0.2) is 0 Å². The fraction of sp³-hybridized carbons (Fsp3) is 0.623. The second kappa shape index (κ2) is 69.5. The fourth-order valence-corrected chi connectivity index (χ4v) is 8.95. The number of ether oxygens (including phenoxy) is 3. The molecule has 0 N–H and O–H groups in total. The zero-order valence-corrected chi connectivity index (χ0v) is 53.7. The number of carbonyl (C=O) groups is 3. The highest BCUT2D eigenvalue weighted by molar-refractivity contribution is 5.71. The van der Waals surface area contributed by atoms with Gasteiger partial charge in [0.25, 0.3) is 0 Å². The van der Waals surface area contributed by atoms with Crippen LogP contribution in [0.3, 0.4) is 0 Å². The zero-order valence-electron chi connectivity index (χ0n) is 53.7. The summed E-state index contributed by atoms with van der Waals surface area (Å²) in [4.78, 5) is 38.2. The lowest BCUT2D eigenvalue weighted by Gasteiger charge is -2.18. The van der Waals surface area contributed by atoms with Gasteiger partial charge in [-0.2, -0.15) is 0 Å². The summed E-state index contributed by atoms with van der Waals surface area (Å²) in [6, 6.07) is 0. The average Bonchev–Trinajstić information content (AvgIpc) is 3.49. The van der Waals surface area contributed by atoms with Crippen molar-refractivity contribution >= 4 is 17.9 Å². The van der Waals surface area contributed by atoms with E-state index < -0.39 is 6.10 Å². The van der Waals surface area contributed by atoms with Gasteiger partial charge in [-0.3, -0.25) is 14.4 Å². The van der Waals surface area contributed by atoms with Gasteiger partial charge in [0.2, 0.25) is 0 Å². The van der Waals surface area contributed by atoms with Gasteiger partial charge >= 0.3 is 17.9 Å². The van der Waals surface area contributed by atoms with Crippen molar-refractivity contribution in [2.75, 3.05) is 13.2 Å². The van der Waals surface area contributed by atoms with Crippen LogP contribution in [0.5, 0.6) is 0 Å². The van der Waals surface area contributed by atoms with E-state index in [1.54, 1.807) is 0 Å². The van der Waals surface area contributed by atoms with Gasteiger partial charge in [-0.1, -0.05) is 294 Å². The second-order valence-electron chi connectivity index (χ2n) is 22.0. The molecule has 0 spiro atoms. The van der Waals surface area contributed by atoms with E-state index in [0.717, 1.165) is 161 Å². The zero-order chi connectivity index (χ0) is 59.9. The molecule has 0 saturated carbocycles. The SMILES string of the molecule is CC/C=C\C/C=C\C/C=C\C/C=C\C/C=C\C/C=C\C/C=C\C/C=C\C/C=C\C/C=C\CCCCCCC(=O)OCC(COC(=O)CCCCCCCCCCC)OC(=O)CCCCCCCC/C=C\C/C=C\C/C=C\CCCCCCC. The van der Waals surface area contributed by atoms with Gasteiger partial charge in [0.05, 0.1) is 0 Å². The average molecular weight is 1150 g/mol. The lowest BCUT2D eigenvalue weighted by atomic mass is 10.1. The third-order valence-electron chi connectivity index (χ3n) is 14.0. The summed E-state index contributed by atoms with van der Waals surface area (Å²) in [5.74, 6) is -0.937. The van der Waals surface area contributed by atoms with Gasteiger partial charge in [-0.05, 0) is 135 Å². The first-order chi connectivity index (χ1) is 41.0. The van der Waals surface area contributed by atoms with Crippen molar-refractivity contribution in [2.24, 2.45) is 0 Å². The van der Waals surface area contributed by atoms with E-state index in [4.69, 9.17) is 14.2 Å². The van der Waals surface area contributed by atoms with Crippen molar-refractivity contribution in [3.05, 3.63) is 158 Å². The molecule has 0 saturated heterocycles. The van der Waals surface area contributed by atoms with Crippen molar-refractivity contribution < 1.29 is 28.6 Å². The molecule has 0 aliphatic carbocycles. The lowest BCUT2D eigenvalue weighted by Crippen LogP contribution is -2.30. The van der Waals surface area contributed by atoms with Gasteiger partial charge in [0.15, 0.2) is 6.10 Å². The van der Waals surface area contributed by atoms with E-state index in [-0.39, 0.29) is 31.1 Å². The van der Waals surface area contributed by atoms with E-state index >= 15 is 0 Å². The van der Waals surface area contributed by atoms with Gasteiger partial charge in [0, 0.05) is 19.3 Å². The van der Waals surface area contributed by atoms with E-state index in [1.807, 2.05) is 0 Å². The molecule has 83 heavy (non-hydrogen) atoms. The Bertz CT molecular complexity index is 1840. The number of unbranched alkanes of at least 4 members (excludes halogenated alkanes) is 23. The molecule has 6 heteroatoms. The summed E-state index contributed by atoms with van der Waals surface area (Å²) < 4.78 is 16.9. The van der Waals surface area contributed by atoms with Crippen molar-refractivity contribution in [3.63, 3.8) is 0 Å². The Morgan fingerprint density at radius 1 is 0.253 bits per heavy atom. The molecule has 0 aliphatic heterocycles. The van der Waals surface area contributed by atoms with E-state index in [2.05, 4.69) is 179 Å². The Hall–Kier alpha value is -4.97. The number of carbonyl (C=O) groups excluding carboxylic acids is 3. The first-order valence-corrected chi connectivity index (χ1v) is 34.0. The maximum absolute atomic E-state index is 12.9. The highest BCUT2D eigenvalue weighted by atomic mass is 16.6. The largest absolute Gasteiger partial charge is 0.462 e. The fourth-order valence-electron chi connectivity index (χ4n) is 8.95. The molecule has 0 heterocycles. The van der Waals surface area contributed by atoms with Crippen molar-refractivity contribution in [3.8, 4) is 0 Å². The van der Waals surface area contributed by atoms with Crippen LogP contribution in [0.25, 0.3) is 0 Å². The maximum Gasteiger partial charge on any atom is 0.306 e. The number of hydrogen-bond donors (Lipinski definition) is 0. The molecule has 0 amide bonds. The van der Waals surface area contributed by atoms with Crippen LogP contribution >= 0.6 is 0 Å². The summed E-state index contributed by atoms with van der Waals surface area (Å²) in [7, 11) is 0. The summed E-state index contributed by atoms with van der Waals surface area (Å²) in [5.41, 5.74) is 0. The number of esters is 3. The molecule has 0 bridgehead atoms. The molecule has 1 unspecified atom stereocenters. The molecule has 0 aliphatic rings. The highest BCUT2D eigenvalue weighted by Crippen LogP contribution is 2.14. The van der Waals surface area contributed by atoms with E-state index in [0.29, 0.717) is 19.3 Å². The molecule has 1 atom stereocenters. The molecular formula is C77H124O6. The summed E-state index contributed by atoms with van der Waals surface area (Å²) in [6.45, 7) is 6.46. The summed E-state index contributed by atoms with van der Waals surface area (Å²) >= 11 is 0. The Labute approximate surface area is 511 Å². The van der Waals surface area contributed by atoms with Crippen LogP contribution in [-0.4, -0.2) is 37.2 Å². The molecule has 0 radical (unpaired) electrons. The van der Waals surface area contributed by atoms with Crippen LogP contribution in [0, 0.1) is 0 Å². The van der Waals surface area contributed by atoms with Gasteiger partial charge in [0.1, 0.15) is 13.2 Å². The normalized spacial score (nSPS) is 13.1. The summed E-state index contributed by atoms with van der Waals surface area (Å²) in [5, 5.41) is 0. The Kier molecular flexibility index (Phi) is 65.4. The molecule has 468 valence electrons. The van der Waals surface area contributed by atoms with E-state index in [9.17, 15) is 14.4 Å². The second-order valence-corrected chi connectivity index (χ2v) is 22.0. The standard InChI is InChI=1S/C77H124O6/c1-4-7-10-13-16-19-21-23-25-27-29-31-32-33-34-35-36-37-38-39-40-41-42-43-44-46-47-49-51-53-55-58-61-64-67-70-76(79)82-73-74(72-81-75(78)69-66-63-60-57-18-15-12-9-6-3)83-77(80)71-68-65-62-59-56-54-52-50-48-45-30-28-26-24-22-20-17-14-11-8-5-2/h7,10,16,19,22-25,28-31,33-34,36-37,39-40,42-43,46-48,50-51,53,74H,4-6,8-9,11-15,17-18,20-21,26-27,32,35,38,41,44-45,49,52,54-73H2,1-3H3/b10-7-,19-16-,24-22-,25-23-,30-28-,31-29-,34-33-,37-36-,40-39-,43-42-,47-46-,50-48-,53-51-. The molecule has 0 fully saturated rings. The Morgan fingerprint density at radius 2 is 0.470 bits per heavy atom. The molecule has 0 aromatic carbocycles. The number of rotatable bonds is 60. The first-order valence-electron chi connectivity index (χ1n) is 34.0. The third kappa shape index (κ3) is 67.7. The van der Waals surface area contributed by atoms with Crippen LogP contribution < -0.4 is 0 Å². The molecule has 0 aromatic heterocycles. The number of hydrogen-bond acceptors (Lipinski definition) is 6. The maximum atomic E-state index is 12.9. The number of allylic oxidation sites excluding steroid dienone is 26. The minimum Gasteiger partial charge on any atom is -0.462 e. The van der Waals surface area contributed by atoms with Gasteiger partial charge in [-0.15, -0.1) is 0 Å². The van der Waals surface area contributed by atoms with Crippen molar-refractivity contribution in [1.29, 1.82) is 0 Å². The predicted octanol–water partition coefficient (Wildman–Crippen LogP) is 23.7. The Balaban J connectivity index is 4.30. The van der Waals surface area contributed by atoms with Crippen LogP contribution in [-0.2, 0) is 28.6 Å². The molecule has 0 rings (SSSR count). The van der Waals surface area contributed by atoms with Crippen LogP contribution in [0.2, 0.25) is 0 Å². The van der Waals surface area contributed by atoms with Gasteiger partial charge < -0.3 is 14.2 Å². The topological polar surface area (TPSA) is 78.9 Å².